The van der Waals surface area contributed by atoms with Gasteiger partial charge in [0.1, 0.15) is 0 Å². The first kappa shape index (κ1) is 12.3. The Kier molecular flexibility index (Phi) is 3.33. The molecule has 0 saturated heterocycles. The van der Waals surface area contributed by atoms with Gasteiger partial charge >= 0.3 is 0 Å². The lowest BCUT2D eigenvalue weighted by molar-refractivity contribution is 0.0941. The molecule has 1 aromatic rings. The van der Waals surface area contributed by atoms with Crippen molar-refractivity contribution in [3.8, 4) is 0 Å². The molecule has 1 fully saturated rings. The lowest BCUT2D eigenvalue weighted by Gasteiger charge is -2.12. The Morgan fingerprint density at radius 1 is 1.41 bits per heavy atom. The molecule has 2 rings (SSSR count). The molecule has 1 aromatic carbocycles. The molecule has 2 nitrogen and oxygen atoms in total. The number of hydrogen-bond donors (Lipinski definition) is 1. The molecule has 1 saturated carbocycles. The Morgan fingerprint density at radius 2 is 2.12 bits per heavy atom. The van der Waals surface area contributed by atoms with Crippen LogP contribution in [0.4, 0.5) is 8.78 Å². The molecule has 1 aliphatic carbocycles. The van der Waals surface area contributed by atoms with E-state index in [0.717, 1.165) is 18.9 Å². The monoisotopic (exact) mass is 259 g/mol. The fraction of sp³-hybridized carbons (Fsp3) is 0.417. The normalized spacial score (nSPS) is 16.6. The largest absolute Gasteiger partial charge is 0.351 e. The van der Waals surface area contributed by atoms with Crippen LogP contribution >= 0.6 is 11.6 Å². The summed E-state index contributed by atoms with van der Waals surface area (Å²) in [5, 5.41) is 2.59. The van der Waals surface area contributed by atoms with Gasteiger partial charge in [-0.15, -0.1) is 11.6 Å². The maximum Gasteiger partial charge on any atom is 0.254 e. The highest BCUT2D eigenvalue weighted by Gasteiger charge is 2.41. The third kappa shape index (κ3) is 2.57. The number of nitrogens with one attached hydrogen (secondary N) is 1. The molecule has 0 aliphatic heterocycles. The summed E-state index contributed by atoms with van der Waals surface area (Å²) in [5.41, 5.74) is -0.309. The summed E-state index contributed by atoms with van der Waals surface area (Å²) < 4.78 is 26.2. The summed E-state index contributed by atoms with van der Waals surface area (Å²) in [6, 6.07) is 3.54. The first-order valence-electron chi connectivity index (χ1n) is 5.36. The van der Waals surface area contributed by atoms with E-state index in [9.17, 15) is 13.6 Å². The Morgan fingerprint density at radius 3 is 2.71 bits per heavy atom. The minimum absolute atomic E-state index is 0.0407. The molecule has 0 unspecified atom stereocenters. The minimum atomic E-state index is -1.11. The van der Waals surface area contributed by atoms with Gasteiger partial charge in [-0.2, -0.15) is 0 Å². The number of rotatable bonds is 4. The van der Waals surface area contributed by atoms with Crippen LogP contribution in [-0.4, -0.2) is 18.3 Å². The van der Waals surface area contributed by atoms with Crippen molar-refractivity contribution in [2.45, 2.75) is 12.8 Å². The van der Waals surface area contributed by atoms with E-state index in [1.807, 2.05) is 0 Å². The fourth-order valence-electron chi connectivity index (χ4n) is 1.58. The smallest absolute Gasteiger partial charge is 0.254 e. The number of halogens is 3. The molecule has 0 spiro atoms. The number of hydrogen-bond acceptors (Lipinski definition) is 1. The highest BCUT2D eigenvalue weighted by molar-refractivity contribution is 6.18. The first-order chi connectivity index (χ1) is 8.08. The van der Waals surface area contributed by atoms with Crippen LogP contribution in [0.15, 0.2) is 18.2 Å². The van der Waals surface area contributed by atoms with E-state index in [0.29, 0.717) is 12.4 Å². The van der Waals surface area contributed by atoms with Gasteiger partial charge in [-0.25, -0.2) is 8.78 Å². The number of carbonyl (C=O) groups is 1. The molecule has 0 bridgehead atoms. The molecule has 5 heteroatoms. The zero-order chi connectivity index (χ0) is 12.5. The van der Waals surface area contributed by atoms with Gasteiger partial charge in [0.25, 0.3) is 5.91 Å². The second-order valence-corrected chi connectivity index (χ2v) is 4.68. The molecule has 0 heterocycles. The number of benzene rings is 1. The molecule has 0 radical (unpaired) electrons. The lowest BCUT2D eigenvalue weighted by Crippen LogP contribution is -2.31. The van der Waals surface area contributed by atoms with Crippen LogP contribution in [0.2, 0.25) is 0 Å². The highest BCUT2D eigenvalue weighted by Crippen LogP contribution is 2.45. The van der Waals surface area contributed by atoms with Gasteiger partial charge in [-0.1, -0.05) is 6.07 Å². The molecular weight excluding hydrogens is 248 g/mol. The molecule has 1 aliphatic rings. The molecule has 0 atom stereocenters. The molecule has 92 valence electrons. The molecule has 0 aromatic heterocycles. The second-order valence-electron chi connectivity index (χ2n) is 4.42. The van der Waals surface area contributed by atoms with Crippen molar-refractivity contribution in [3.63, 3.8) is 0 Å². The van der Waals surface area contributed by atoms with Gasteiger partial charge in [-0.05, 0) is 25.0 Å². The predicted octanol–water partition coefficient (Wildman–Crippen LogP) is 2.71. The van der Waals surface area contributed by atoms with Crippen molar-refractivity contribution in [2.75, 3.05) is 12.4 Å². The number of amides is 1. The zero-order valence-electron chi connectivity index (χ0n) is 9.10. The van der Waals surface area contributed by atoms with Crippen molar-refractivity contribution in [3.05, 3.63) is 35.4 Å². The Labute approximate surface area is 103 Å². The van der Waals surface area contributed by atoms with Crippen LogP contribution in [0.3, 0.4) is 0 Å². The van der Waals surface area contributed by atoms with Crippen LogP contribution < -0.4 is 5.32 Å². The summed E-state index contributed by atoms with van der Waals surface area (Å²) in [7, 11) is 0. The maximum atomic E-state index is 13.3. The van der Waals surface area contributed by atoms with Crippen LogP contribution in [0.1, 0.15) is 23.2 Å². The van der Waals surface area contributed by atoms with E-state index < -0.39 is 17.5 Å². The SMILES string of the molecule is O=C(NCC1(CCl)CC1)c1cccc(F)c1F. The average molecular weight is 260 g/mol. The topological polar surface area (TPSA) is 29.1 Å². The van der Waals surface area contributed by atoms with Crippen LogP contribution in [0.5, 0.6) is 0 Å². The Balaban J connectivity index is 2.02. The summed E-state index contributed by atoms with van der Waals surface area (Å²) in [6.07, 6.45) is 1.92. The standard InChI is InChI=1S/C12H12ClF2NO/c13-6-12(4-5-12)7-16-11(17)8-2-1-3-9(14)10(8)15/h1-3H,4-7H2,(H,16,17). The summed E-state index contributed by atoms with van der Waals surface area (Å²) >= 11 is 5.76. The number of carbonyl (C=O) groups excluding carboxylic acids is 1. The Hall–Kier alpha value is -1.16. The first-order valence-corrected chi connectivity index (χ1v) is 5.90. The van der Waals surface area contributed by atoms with Gasteiger partial charge in [0, 0.05) is 17.8 Å². The van der Waals surface area contributed by atoms with Crippen molar-refractivity contribution in [2.24, 2.45) is 5.41 Å². The van der Waals surface area contributed by atoms with Crippen LogP contribution in [0.25, 0.3) is 0 Å². The van der Waals surface area contributed by atoms with E-state index in [-0.39, 0.29) is 11.0 Å². The van der Waals surface area contributed by atoms with Gasteiger partial charge < -0.3 is 5.32 Å². The van der Waals surface area contributed by atoms with Crippen molar-refractivity contribution < 1.29 is 13.6 Å². The van der Waals surface area contributed by atoms with Gasteiger partial charge in [0.2, 0.25) is 0 Å². The third-order valence-electron chi connectivity index (χ3n) is 3.06. The zero-order valence-corrected chi connectivity index (χ0v) is 9.86. The second kappa shape index (κ2) is 4.61. The summed E-state index contributed by atoms with van der Waals surface area (Å²) in [6.45, 7) is 0.408. The van der Waals surface area contributed by atoms with Gasteiger partial charge in [0.05, 0.1) is 5.56 Å². The van der Waals surface area contributed by atoms with E-state index in [1.165, 1.54) is 12.1 Å². The van der Waals surface area contributed by atoms with Gasteiger partial charge in [0.15, 0.2) is 11.6 Å². The average Bonchev–Trinajstić information content (AvgIpc) is 3.10. The molecule has 1 amide bonds. The van der Waals surface area contributed by atoms with Crippen LogP contribution in [-0.2, 0) is 0 Å². The third-order valence-corrected chi connectivity index (χ3v) is 3.63. The van der Waals surface area contributed by atoms with Gasteiger partial charge in [-0.3, -0.25) is 4.79 Å². The predicted molar refractivity (Wildman–Crippen MR) is 61.1 cm³/mol. The quantitative estimate of drug-likeness (QED) is 0.828. The van der Waals surface area contributed by atoms with E-state index in [4.69, 9.17) is 11.6 Å². The molecule has 17 heavy (non-hydrogen) atoms. The van der Waals surface area contributed by atoms with E-state index in [2.05, 4.69) is 5.32 Å². The molecular formula is C12H12ClF2NO. The van der Waals surface area contributed by atoms with Crippen molar-refractivity contribution in [1.29, 1.82) is 0 Å². The maximum absolute atomic E-state index is 13.3. The summed E-state index contributed by atoms with van der Waals surface area (Å²) in [4.78, 5) is 11.6. The fourth-order valence-corrected chi connectivity index (χ4v) is 1.94. The van der Waals surface area contributed by atoms with Crippen molar-refractivity contribution >= 4 is 17.5 Å². The van der Waals surface area contributed by atoms with Crippen LogP contribution in [0, 0.1) is 17.0 Å². The van der Waals surface area contributed by atoms with E-state index >= 15 is 0 Å². The Bertz CT molecular complexity index is 446. The minimum Gasteiger partial charge on any atom is -0.351 e. The number of alkyl halides is 1. The summed E-state index contributed by atoms with van der Waals surface area (Å²) in [5.74, 6) is -2.26. The highest BCUT2D eigenvalue weighted by atomic mass is 35.5. The van der Waals surface area contributed by atoms with Crippen molar-refractivity contribution in [1.82, 2.24) is 5.32 Å². The molecule has 1 N–H and O–H groups in total. The lowest BCUT2D eigenvalue weighted by atomic mass is 10.1. The van der Waals surface area contributed by atoms with E-state index in [1.54, 1.807) is 0 Å².